The second-order valence-corrected chi connectivity index (χ2v) is 5.27. The Kier molecular flexibility index (Phi) is 4.96. The average Bonchev–Trinajstić information content (AvgIpc) is 3.17. The van der Waals surface area contributed by atoms with Crippen molar-refractivity contribution < 1.29 is 13.2 Å². The molecule has 1 aliphatic carbocycles. The molecule has 2 rings (SSSR count). The summed E-state index contributed by atoms with van der Waals surface area (Å²) in [5.74, 6) is 6.83. The normalized spacial score (nSPS) is 20.9. The Morgan fingerprint density at radius 3 is 2.73 bits per heavy atom. The van der Waals surface area contributed by atoms with Crippen LogP contribution in [-0.4, -0.2) is 25.6 Å². The van der Waals surface area contributed by atoms with Gasteiger partial charge in [-0.3, -0.25) is 4.99 Å². The monoisotopic (exact) mass is 309 g/mol. The number of aliphatic imine (C=N–C) groups is 1. The van der Waals surface area contributed by atoms with Crippen molar-refractivity contribution in [3.63, 3.8) is 0 Å². The van der Waals surface area contributed by atoms with Gasteiger partial charge in [-0.1, -0.05) is 24.8 Å². The molecule has 6 heteroatoms. The molecule has 1 aromatic carbocycles. The van der Waals surface area contributed by atoms with Crippen LogP contribution in [0, 0.1) is 17.8 Å². The highest BCUT2D eigenvalue weighted by atomic mass is 19.4. The van der Waals surface area contributed by atoms with Gasteiger partial charge in [-0.2, -0.15) is 13.2 Å². The van der Waals surface area contributed by atoms with Gasteiger partial charge < -0.3 is 10.6 Å². The summed E-state index contributed by atoms with van der Waals surface area (Å²) in [7, 11) is 1.67. The number of rotatable bonds is 2. The fraction of sp³-hybridized carbons (Fsp3) is 0.438. The van der Waals surface area contributed by atoms with E-state index in [0.29, 0.717) is 30.0 Å². The first kappa shape index (κ1) is 16.2. The lowest BCUT2D eigenvalue weighted by molar-refractivity contribution is -0.137. The van der Waals surface area contributed by atoms with Crippen molar-refractivity contribution in [2.75, 3.05) is 13.6 Å². The molecule has 0 heterocycles. The molecule has 1 aliphatic rings. The van der Waals surface area contributed by atoms with Crippen LogP contribution >= 0.6 is 0 Å². The summed E-state index contributed by atoms with van der Waals surface area (Å²) in [4.78, 5) is 4.07. The van der Waals surface area contributed by atoms with Gasteiger partial charge in [0.1, 0.15) is 0 Å². The van der Waals surface area contributed by atoms with E-state index in [1.165, 1.54) is 6.07 Å². The molecule has 1 fully saturated rings. The number of halogens is 3. The van der Waals surface area contributed by atoms with E-state index in [4.69, 9.17) is 0 Å². The molecule has 0 radical (unpaired) electrons. The predicted octanol–water partition coefficient (Wildman–Crippen LogP) is 2.63. The lowest BCUT2D eigenvalue weighted by Crippen LogP contribution is -2.39. The topological polar surface area (TPSA) is 36.4 Å². The molecule has 3 nitrogen and oxygen atoms in total. The van der Waals surface area contributed by atoms with Crippen molar-refractivity contribution in [2.24, 2.45) is 10.9 Å². The Bertz CT molecular complexity index is 611. The minimum atomic E-state index is -4.34. The lowest BCUT2D eigenvalue weighted by atomic mass is 10.1. The summed E-state index contributed by atoms with van der Waals surface area (Å²) >= 11 is 0. The smallest absolute Gasteiger partial charge is 0.353 e. The second-order valence-electron chi connectivity index (χ2n) is 5.27. The Morgan fingerprint density at radius 2 is 2.14 bits per heavy atom. The van der Waals surface area contributed by atoms with Crippen LogP contribution in [0.15, 0.2) is 29.3 Å². The lowest BCUT2D eigenvalue weighted by Gasteiger charge is -2.08. The number of benzene rings is 1. The Balaban J connectivity index is 1.88. The van der Waals surface area contributed by atoms with Crippen LogP contribution in [-0.2, 0) is 6.18 Å². The summed E-state index contributed by atoms with van der Waals surface area (Å²) in [6.45, 7) is 2.47. The van der Waals surface area contributed by atoms with Crippen LogP contribution in [0.2, 0.25) is 0 Å². The van der Waals surface area contributed by atoms with Gasteiger partial charge in [0, 0.05) is 18.7 Å². The molecule has 2 N–H and O–H groups in total. The second kappa shape index (κ2) is 6.73. The molecule has 22 heavy (non-hydrogen) atoms. The van der Waals surface area contributed by atoms with Crippen LogP contribution in [0.4, 0.5) is 13.2 Å². The largest absolute Gasteiger partial charge is 0.416 e. The molecular formula is C16H18F3N3. The summed E-state index contributed by atoms with van der Waals surface area (Å²) in [5.41, 5.74) is -0.345. The number of alkyl halides is 3. The minimum absolute atomic E-state index is 0.316. The van der Waals surface area contributed by atoms with E-state index in [1.54, 1.807) is 13.1 Å². The highest BCUT2D eigenvalue weighted by molar-refractivity contribution is 5.80. The molecular weight excluding hydrogens is 291 g/mol. The molecule has 0 saturated heterocycles. The molecule has 118 valence electrons. The Labute approximate surface area is 128 Å². The summed E-state index contributed by atoms with van der Waals surface area (Å²) in [5, 5.41) is 6.26. The molecule has 2 atom stereocenters. The maximum atomic E-state index is 12.6. The van der Waals surface area contributed by atoms with E-state index < -0.39 is 11.7 Å². The third-order valence-electron chi connectivity index (χ3n) is 3.42. The van der Waals surface area contributed by atoms with Gasteiger partial charge >= 0.3 is 6.18 Å². The summed E-state index contributed by atoms with van der Waals surface area (Å²) < 4.78 is 37.7. The van der Waals surface area contributed by atoms with Crippen molar-refractivity contribution in [2.45, 2.75) is 25.6 Å². The predicted molar refractivity (Wildman–Crippen MR) is 80.4 cm³/mol. The van der Waals surface area contributed by atoms with Crippen LogP contribution < -0.4 is 10.6 Å². The van der Waals surface area contributed by atoms with E-state index in [-0.39, 0.29) is 0 Å². The molecule has 0 aliphatic heterocycles. The van der Waals surface area contributed by atoms with E-state index in [0.717, 1.165) is 18.6 Å². The van der Waals surface area contributed by atoms with Crippen molar-refractivity contribution in [3.05, 3.63) is 35.4 Å². The van der Waals surface area contributed by atoms with Crippen molar-refractivity contribution >= 4 is 5.96 Å². The zero-order valence-electron chi connectivity index (χ0n) is 12.5. The van der Waals surface area contributed by atoms with Gasteiger partial charge in [0.2, 0.25) is 0 Å². The SMILES string of the molecule is CN=C(NCC#Cc1cccc(C(F)(F)F)c1)NC1CC1C. The van der Waals surface area contributed by atoms with E-state index in [9.17, 15) is 13.2 Å². The molecule has 0 amide bonds. The molecule has 0 bridgehead atoms. The minimum Gasteiger partial charge on any atom is -0.353 e. The van der Waals surface area contributed by atoms with Crippen molar-refractivity contribution in [1.82, 2.24) is 10.6 Å². The van der Waals surface area contributed by atoms with Crippen molar-refractivity contribution in [1.29, 1.82) is 0 Å². The van der Waals surface area contributed by atoms with E-state index in [2.05, 4.69) is 34.4 Å². The van der Waals surface area contributed by atoms with Crippen LogP contribution in [0.3, 0.4) is 0 Å². The molecule has 1 saturated carbocycles. The molecule has 0 spiro atoms. The first-order chi connectivity index (χ1) is 10.4. The summed E-state index contributed by atoms with van der Waals surface area (Å²) in [6, 6.07) is 5.44. The van der Waals surface area contributed by atoms with E-state index >= 15 is 0 Å². The maximum absolute atomic E-state index is 12.6. The van der Waals surface area contributed by atoms with Crippen LogP contribution in [0.1, 0.15) is 24.5 Å². The zero-order valence-corrected chi connectivity index (χ0v) is 12.5. The first-order valence-electron chi connectivity index (χ1n) is 7.03. The van der Waals surface area contributed by atoms with Gasteiger partial charge in [0.15, 0.2) is 5.96 Å². The average molecular weight is 309 g/mol. The zero-order chi connectivity index (χ0) is 16.2. The van der Waals surface area contributed by atoms with Crippen LogP contribution in [0.25, 0.3) is 0 Å². The van der Waals surface area contributed by atoms with Gasteiger partial charge in [0.25, 0.3) is 0 Å². The molecule has 2 unspecified atom stereocenters. The number of nitrogens with zero attached hydrogens (tertiary/aromatic N) is 1. The number of nitrogens with one attached hydrogen (secondary N) is 2. The highest BCUT2D eigenvalue weighted by Gasteiger charge is 2.33. The standard InChI is InChI=1S/C16H18F3N3/c1-11-9-14(11)22-15(20-2)21-8-4-6-12-5-3-7-13(10-12)16(17,18)19/h3,5,7,10-11,14H,8-9H2,1-2H3,(H2,20,21,22). The van der Waals surface area contributed by atoms with Gasteiger partial charge in [-0.05, 0) is 30.5 Å². The fourth-order valence-electron chi connectivity index (χ4n) is 1.94. The summed E-state index contributed by atoms with van der Waals surface area (Å²) in [6.07, 6.45) is -3.22. The maximum Gasteiger partial charge on any atom is 0.416 e. The van der Waals surface area contributed by atoms with Gasteiger partial charge in [-0.25, -0.2) is 0 Å². The van der Waals surface area contributed by atoms with Crippen molar-refractivity contribution in [3.8, 4) is 11.8 Å². The third-order valence-corrected chi connectivity index (χ3v) is 3.42. The molecule has 0 aromatic heterocycles. The number of hydrogen-bond donors (Lipinski definition) is 2. The Hall–Kier alpha value is -2.16. The Morgan fingerprint density at radius 1 is 1.41 bits per heavy atom. The number of hydrogen-bond acceptors (Lipinski definition) is 1. The highest BCUT2D eigenvalue weighted by Crippen LogP contribution is 2.29. The third kappa shape index (κ3) is 4.69. The van der Waals surface area contributed by atoms with Gasteiger partial charge in [-0.15, -0.1) is 0 Å². The van der Waals surface area contributed by atoms with E-state index in [1.807, 2.05) is 0 Å². The van der Waals surface area contributed by atoms with Gasteiger partial charge in [0.05, 0.1) is 12.1 Å². The van der Waals surface area contributed by atoms with Crippen LogP contribution in [0.5, 0.6) is 0 Å². The molecule has 1 aromatic rings. The number of guanidine groups is 1. The quantitative estimate of drug-likeness (QED) is 0.500. The fourth-order valence-corrected chi connectivity index (χ4v) is 1.94. The first-order valence-corrected chi connectivity index (χ1v) is 7.03.